The Hall–Kier alpha value is -4.33. The number of rotatable bonds is 5. The molecule has 0 atom stereocenters. The van der Waals surface area contributed by atoms with Gasteiger partial charge in [0.2, 0.25) is 5.82 Å². The first-order chi connectivity index (χ1) is 15.2. The van der Waals surface area contributed by atoms with Crippen LogP contribution < -0.4 is 5.32 Å². The van der Waals surface area contributed by atoms with Crippen molar-refractivity contribution in [2.45, 2.75) is 6.54 Å². The summed E-state index contributed by atoms with van der Waals surface area (Å²) < 4.78 is 1.66. The summed E-state index contributed by atoms with van der Waals surface area (Å²) in [5.41, 5.74) is 3.67. The SMILES string of the molecule is CN(Cc1ccccn1)C(=O)c1nc2c(Nc3ccccc3)nc3ccccc3n2n1. The molecule has 0 aliphatic heterocycles. The van der Waals surface area contributed by atoms with E-state index in [0.29, 0.717) is 18.0 Å². The number of anilines is 2. The van der Waals surface area contributed by atoms with Crippen molar-refractivity contribution in [2.24, 2.45) is 0 Å². The van der Waals surface area contributed by atoms with E-state index >= 15 is 0 Å². The van der Waals surface area contributed by atoms with Crippen molar-refractivity contribution in [3.05, 3.63) is 90.5 Å². The lowest BCUT2D eigenvalue weighted by Gasteiger charge is -2.14. The molecular weight excluding hydrogens is 390 g/mol. The van der Waals surface area contributed by atoms with Gasteiger partial charge in [0.1, 0.15) is 0 Å². The number of benzene rings is 2. The summed E-state index contributed by atoms with van der Waals surface area (Å²) in [5.74, 6) is 0.348. The van der Waals surface area contributed by atoms with Gasteiger partial charge >= 0.3 is 0 Å². The number of carbonyl (C=O) groups is 1. The minimum Gasteiger partial charge on any atom is -0.337 e. The number of aromatic nitrogens is 5. The van der Waals surface area contributed by atoms with Crippen LogP contribution in [-0.4, -0.2) is 42.4 Å². The first kappa shape index (κ1) is 18.7. The van der Waals surface area contributed by atoms with Gasteiger partial charge in [-0.25, -0.2) is 9.50 Å². The predicted molar refractivity (Wildman–Crippen MR) is 118 cm³/mol. The van der Waals surface area contributed by atoms with Crippen LogP contribution in [0.5, 0.6) is 0 Å². The average Bonchev–Trinajstić information content (AvgIpc) is 3.26. The van der Waals surface area contributed by atoms with Gasteiger partial charge in [0, 0.05) is 18.9 Å². The van der Waals surface area contributed by atoms with Crippen LogP contribution in [0.3, 0.4) is 0 Å². The molecule has 1 amide bonds. The lowest BCUT2D eigenvalue weighted by molar-refractivity contribution is 0.0771. The lowest BCUT2D eigenvalue weighted by Crippen LogP contribution is -2.27. The highest BCUT2D eigenvalue weighted by Crippen LogP contribution is 2.23. The van der Waals surface area contributed by atoms with Gasteiger partial charge in [0.15, 0.2) is 11.5 Å². The number of hydrogen-bond donors (Lipinski definition) is 1. The van der Waals surface area contributed by atoms with E-state index in [4.69, 9.17) is 4.98 Å². The van der Waals surface area contributed by atoms with E-state index < -0.39 is 0 Å². The Labute approximate surface area is 178 Å². The number of pyridine rings is 1. The van der Waals surface area contributed by atoms with Crippen molar-refractivity contribution < 1.29 is 4.79 Å². The number of amides is 1. The number of nitrogens with one attached hydrogen (secondary N) is 1. The van der Waals surface area contributed by atoms with Crippen molar-refractivity contribution in [1.29, 1.82) is 0 Å². The fourth-order valence-electron chi connectivity index (χ4n) is 3.35. The zero-order valence-electron chi connectivity index (χ0n) is 16.8. The molecule has 0 saturated heterocycles. The van der Waals surface area contributed by atoms with Crippen molar-refractivity contribution in [3.8, 4) is 0 Å². The molecule has 3 heterocycles. The third-order valence-corrected chi connectivity index (χ3v) is 4.86. The number of hydrogen-bond acceptors (Lipinski definition) is 6. The van der Waals surface area contributed by atoms with E-state index in [-0.39, 0.29) is 11.7 Å². The average molecular weight is 409 g/mol. The third kappa shape index (κ3) is 3.66. The zero-order chi connectivity index (χ0) is 21.2. The standard InChI is InChI=1S/C23H19N7O/c1-29(15-17-11-7-8-14-24-17)23(31)21-27-22-20(25-16-9-3-2-4-10-16)26-18-12-5-6-13-19(18)30(22)28-21/h2-14H,15H2,1H3,(H,25,26). The second-order valence-corrected chi connectivity index (χ2v) is 7.09. The maximum atomic E-state index is 13.0. The molecule has 8 nitrogen and oxygen atoms in total. The summed E-state index contributed by atoms with van der Waals surface area (Å²) in [4.78, 5) is 28.1. The number of para-hydroxylation sites is 3. The fourth-order valence-corrected chi connectivity index (χ4v) is 3.35. The van der Waals surface area contributed by atoms with Gasteiger partial charge in [0.25, 0.3) is 5.91 Å². The quantitative estimate of drug-likeness (QED) is 0.476. The maximum absolute atomic E-state index is 13.0. The van der Waals surface area contributed by atoms with E-state index in [1.165, 1.54) is 0 Å². The zero-order valence-corrected chi connectivity index (χ0v) is 16.8. The monoisotopic (exact) mass is 409 g/mol. The lowest BCUT2D eigenvalue weighted by atomic mass is 10.3. The summed E-state index contributed by atoms with van der Waals surface area (Å²) in [6.07, 6.45) is 1.70. The minimum atomic E-state index is -0.288. The maximum Gasteiger partial charge on any atom is 0.293 e. The molecule has 0 radical (unpaired) electrons. The predicted octanol–water partition coefficient (Wildman–Crippen LogP) is 3.69. The van der Waals surface area contributed by atoms with E-state index in [1.54, 1.807) is 22.7 Å². The molecule has 2 aromatic carbocycles. The van der Waals surface area contributed by atoms with Crippen LogP contribution in [0.15, 0.2) is 79.0 Å². The van der Waals surface area contributed by atoms with Crippen LogP contribution >= 0.6 is 0 Å². The first-order valence-corrected chi connectivity index (χ1v) is 9.82. The molecule has 0 bridgehead atoms. The van der Waals surface area contributed by atoms with Crippen LogP contribution in [0.25, 0.3) is 16.7 Å². The summed E-state index contributed by atoms with van der Waals surface area (Å²) in [5, 5.41) is 7.81. The molecule has 0 aliphatic carbocycles. The molecule has 0 saturated carbocycles. The van der Waals surface area contributed by atoms with Gasteiger partial charge in [-0.2, -0.15) is 4.98 Å². The topological polar surface area (TPSA) is 88.3 Å². The molecule has 0 unspecified atom stereocenters. The second kappa shape index (κ2) is 7.83. The highest BCUT2D eigenvalue weighted by molar-refractivity contribution is 5.92. The summed E-state index contributed by atoms with van der Waals surface area (Å²) in [6.45, 7) is 0.364. The molecule has 8 heteroatoms. The second-order valence-electron chi connectivity index (χ2n) is 7.09. The van der Waals surface area contributed by atoms with Crippen molar-refractivity contribution in [1.82, 2.24) is 29.5 Å². The molecule has 31 heavy (non-hydrogen) atoms. The highest BCUT2D eigenvalue weighted by Gasteiger charge is 2.21. The van der Waals surface area contributed by atoms with Crippen LogP contribution in [0.4, 0.5) is 11.5 Å². The van der Waals surface area contributed by atoms with E-state index in [2.05, 4.69) is 20.4 Å². The van der Waals surface area contributed by atoms with Crippen molar-refractivity contribution >= 4 is 34.1 Å². The van der Waals surface area contributed by atoms with E-state index in [0.717, 1.165) is 22.4 Å². The normalized spacial score (nSPS) is 11.0. The highest BCUT2D eigenvalue weighted by atomic mass is 16.2. The molecule has 5 rings (SSSR count). The van der Waals surface area contributed by atoms with Crippen LogP contribution in [0, 0.1) is 0 Å². The minimum absolute atomic E-state index is 0.104. The van der Waals surface area contributed by atoms with Gasteiger partial charge in [-0.1, -0.05) is 36.4 Å². The van der Waals surface area contributed by atoms with Gasteiger partial charge in [-0.3, -0.25) is 9.78 Å². The Morgan fingerprint density at radius 3 is 2.55 bits per heavy atom. The van der Waals surface area contributed by atoms with Gasteiger partial charge in [-0.05, 0) is 36.4 Å². The number of nitrogens with zero attached hydrogens (tertiary/aromatic N) is 6. The molecule has 0 fully saturated rings. The van der Waals surface area contributed by atoms with E-state index in [9.17, 15) is 4.79 Å². The van der Waals surface area contributed by atoms with Gasteiger partial charge in [0.05, 0.1) is 23.3 Å². The van der Waals surface area contributed by atoms with Crippen LogP contribution in [0.1, 0.15) is 16.3 Å². The Morgan fingerprint density at radius 2 is 1.74 bits per heavy atom. The van der Waals surface area contributed by atoms with Gasteiger partial charge in [-0.15, -0.1) is 5.10 Å². The van der Waals surface area contributed by atoms with Gasteiger partial charge < -0.3 is 10.2 Å². The van der Waals surface area contributed by atoms with E-state index in [1.807, 2.05) is 72.8 Å². The van der Waals surface area contributed by atoms with Crippen molar-refractivity contribution in [2.75, 3.05) is 12.4 Å². The summed E-state index contributed by atoms with van der Waals surface area (Å²) in [6, 6.07) is 22.9. The molecule has 152 valence electrons. The Morgan fingerprint density at radius 1 is 0.968 bits per heavy atom. The number of fused-ring (bicyclic) bond motifs is 3. The molecule has 3 aromatic heterocycles. The molecular formula is C23H19N7O. The largest absolute Gasteiger partial charge is 0.337 e. The Balaban J connectivity index is 1.56. The summed E-state index contributed by atoms with van der Waals surface area (Å²) >= 11 is 0. The first-order valence-electron chi connectivity index (χ1n) is 9.82. The Bertz CT molecular complexity index is 1370. The molecule has 0 aliphatic rings. The van der Waals surface area contributed by atoms with Crippen LogP contribution in [-0.2, 0) is 6.54 Å². The third-order valence-electron chi connectivity index (χ3n) is 4.86. The smallest absolute Gasteiger partial charge is 0.293 e. The molecule has 0 spiro atoms. The molecule has 5 aromatic rings. The van der Waals surface area contributed by atoms with Crippen molar-refractivity contribution in [3.63, 3.8) is 0 Å². The van der Waals surface area contributed by atoms with Crippen LogP contribution in [0.2, 0.25) is 0 Å². The fraction of sp³-hybridized carbons (Fsp3) is 0.0870. The molecule has 1 N–H and O–H groups in total. The number of carbonyl (C=O) groups excluding carboxylic acids is 1. The summed E-state index contributed by atoms with van der Waals surface area (Å²) in [7, 11) is 1.71. The Kier molecular flexibility index (Phi) is 4.72.